The van der Waals surface area contributed by atoms with E-state index in [2.05, 4.69) is 34.9 Å². The van der Waals surface area contributed by atoms with Gasteiger partial charge in [0.05, 0.1) is 12.5 Å². The average Bonchev–Trinajstić information content (AvgIpc) is 2.68. The molecule has 2 aliphatic heterocycles. The van der Waals surface area contributed by atoms with Crippen molar-refractivity contribution in [1.29, 1.82) is 0 Å². The quantitative estimate of drug-likeness (QED) is 0.846. The second-order valence-electron chi connectivity index (χ2n) is 7.46. The first-order chi connectivity index (χ1) is 13.1. The molecule has 3 atom stereocenters. The number of halogens is 1. The van der Waals surface area contributed by atoms with Crippen LogP contribution in [0.15, 0.2) is 42.5 Å². The minimum atomic E-state index is -0.211. The minimum Gasteiger partial charge on any atom is -0.493 e. The third-order valence-electron chi connectivity index (χ3n) is 5.65. The summed E-state index contributed by atoms with van der Waals surface area (Å²) in [6, 6.07) is 14.3. The number of carbonyl (C=O) groups is 1. The molecule has 2 heterocycles. The molecular formula is C22H25ClN2O2. The van der Waals surface area contributed by atoms with E-state index in [1.165, 1.54) is 5.56 Å². The van der Waals surface area contributed by atoms with E-state index in [4.69, 9.17) is 16.3 Å². The smallest absolute Gasteiger partial charge is 0.228 e. The van der Waals surface area contributed by atoms with Gasteiger partial charge in [-0.05, 0) is 49.6 Å². The Morgan fingerprint density at radius 2 is 2.04 bits per heavy atom. The standard InChI is InChI=1S/C22H25ClN2O2/c1-14-11-16(23)12-18-17(8-10-27-21(14)18)22(26)25-20-7-9-24-13-19(20)15-5-3-2-4-6-15/h2-6,11-12,17,19-20,24H,7-10,13H2,1H3,(H,25,26). The first kappa shape index (κ1) is 18.3. The highest BCUT2D eigenvalue weighted by molar-refractivity contribution is 6.30. The summed E-state index contributed by atoms with van der Waals surface area (Å²) in [4.78, 5) is 13.2. The molecule has 1 fully saturated rings. The maximum atomic E-state index is 13.2. The Kier molecular flexibility index (Phi) is 5.37. The zero-order valence-electron chi connectivity index (χ0n) is 15.5. The van der Waals surface area contributed by atoms with Crippen molar-refractivity contribution in [1.82, 2.24) is 10.6 Å². The Morgan fingerprint density at radius 1 is 1.22 bits per heavy atom. The number of piperidine rings is 1. The van der Waals surface area contributed by atoms with Gasteiger partial charge in [0.15, 0.2) is 0 Å². The van der Waals surface area contributed by atoms with Crippen LogP contribution in [0.25, 0.3) is 0 Å². The fourth-order valence-corrected chi connectivity index (χ4v) is 4.56. The molecule has 142 valence electrons. The Balaban J connectivity index is 1.56. The molecule has 1 amide bonds. The maximum Gasteiger partial charge on any atom is 0.228 e. The number of benzene rings is 2. The van der Waals surface area contributed by atoms with Crippen LogP contribution in [0.1, 0.15) is 41.4 Å². The van der Waals surface area contributed by atoms with Crippen molar-refractivity contribution < 1.29 is 9.53 Å². The fraction of sp³-hybridized carbons (Fsp3) is 0.409. The topological polar surface area (TPSA) is 50.4 Å². The van der Waals surface area contributed by atoms with Crippen molar-refractivity contribution in [3.8, 4) is 5.75 Å². The van der Waals surface area contributed by atoms with E-state index in [1.807, 2.05) is 25.1 Å². The third-order valence-corrected chi connectivity index (χ3v) is 5.87. The summed E-state index contributed by atoms with van der Waals surface area (Å²) in [6.07, 6.45) is 1.61. The van der Waals surface area contributed by atoms with Crippen LogP contribution in [0, 0.1) is 6.92 Å². The molecule has 3 unspecified atom stereocenters. The first-order valence-electron chi connectivity index (χ1n) is 9.62. The molecule has 0 radical (unpaired) electrons. The summed E-state index contributed by atoms with van der Waals surface area (Å²) in [5.41, 5.74) is 3.16. The van der Waals surface area contributed by atoms with E-state index in [1.54, 1.807) is 0 Å². The second-order valence-corrected chi connectivity index (χ2v) is 7.89. The van der Waals surface area contributed by atoms with Crippen LogP contribution >= 0.6 is 11.6 Å². The normalized spacial score (nSPS) is 24.6. The van der Waals surface area contributed by atoms with Gasteiger partial charge in [0.2, 0.25) is 5.91 Å². The molecule has 1 saturated heterocycles. The largest absolute Gasteiger partial charge is 0.493 e. The van der Waals surface area contributed by atoms with Gasteiger partial charge in [-0.15, -0.1) is 0 Å². The van der Waals surface area contributed by atoms with Gasteiger partial charge in [-0.3, -0.25) is 4.79 Å². The number of fused-ring (bicyclic) bond motifs is 1. The van der Waals surface area contributed by atoms with Crippen molar-refractivity contribution in [3.63, 3.8) is 0 Å². The van der Waals surface area contributed by atoms with Gasteiger partial charge in [-0.2, -0.15) is 0 Å². The van der Waals surface area contributed by atoms with Gasteiger partial charge in [-0.25, -0.2) is 0 Å². The van der Waals surface area contributed by atoms with Crippen molar-refractivity contribution in [2.75, 3.05) is 19.7 Å². The molecule has 0 aromatic heterocycles. The molecule has 2 aromatic rings. The molecule has 5 heteroatoms. The molecule has 2 aliphatic rings. The highest BCUT2D eigenvalue weighted by Crippen LogP contribution is 2.38. The minimum absolute atomic E-state index is 0.0778. The van der Waals surface area contributed by atoms with Crippen LogP contribution < -0.4 is 15.4 Å². The van der Waals surface area contributed by atoms with E-state index < -0.39 is 0 Å². The van der Waals surface area contributed by atoms with Gasteiger partial charge in [0.25, 0.3) is 0 Å². The number of hydrogen-bond acceptors (Lipinski definition) is 3. The number of nitrogens with one attached hydrogen (secondary N) is 2. The maximum absolute atomic E-state index is 13.2. The summed E-state index contributed by atoms with van der Waals surface area (Å²) in [7, 11) is 0. The lowest BCUT2D eigenvalue weighted by Crippen LogP contribution is -2.49. The third kappa shape index (κ3) is 3.83. The summed E-state index contributed by atoms with van der Waals surface area (Å²) in [5.74, 6) is 0.964. The Hall–Kier alpha value is -2.04. The average molecular weight is 385 g/mol. The number of aryl methyl sites for hydroxylation is 1. The molecule has 4 rings (SSSR count). The number of carbonyl (C=O) groups excluding carboxylic acids is 1. The lowest BCUT2D eigenvalue weighted by atomic mass is 9.85. The molecule has 27 heavy (non-hydrogen) atoms. The van der Waals surface area contributed by atoms with Crippen LogP contribution in [-0.4, -0.2) is 31.6 Å². The van der Waals surface area contributed by atoms with Gasteiger partial charge in [0.1, 0.15) is 5.75 Å². The predicted molar refractivity (Wildman–Crippen MR) is 108 cm³/mol. The molecule has 0 bridgehead atoms. The van der Waals surface area contributed by atoms with Gasteiger partial charge >= 0.3 is 0 Å². The van der Waals surface area contributed by atoms with Crippen molar-refractivity contribution in [2.24, 2.45) is 0 Å². The van der Waals surface area contributed by atoms with Crippen LogP contribution in [0.3, 0.4) is 0 Å². The Bertz CT molecular complexity index is 825. The molecular weight excluding hydrogens is 360 g/mol. The van der Waals surface area contributed by atoms with Crippen LogP contribution in [0.4, 0.5) is 0 Å². The summed E-state index contributed by atoms with van der Waals surface area (Å²) < 4.78 is 5.82. The molecule has 0 saturated carbocycles. The SMILES string of the molecule is Cc1cc(Cl)cc2c1OCCC2C(=O)NC1CCNCC1c1ccccc1. The summed E-state index contributed by atoms with van der Waals surface area (Å²) in [5, 5.41) is 7.45. The number of amides is 1. The van der Waals surface area contributed by atoms with E-state index >= 15 is 0 Å². The molecule has 4 nitrogen and oxygen atoms in total. The number of rotatable bonds is 3. The van der Waals surface area contributed by atoms with Crippen LogP contribution in [0.5, 0.6) is 5.75 Å². The van der Waals surface area contributed by atoms with Gasteiger partial charge < -0.3 is 15.4 Å². The van der Waals surface area contributed by atoms with E-state index in [9.17, 15) is 4.79 Å². The second kappa shape index (κ2) is 7.91. The van der Waals surface area contributed by atoms with Gasteiger partial charge in [0, 0.05) is 29.1 Å². The van der Waals surface area contributed by atoms with Crippen LogP contribution in [-0.2, 0) is 4.79 Å². The van der Waals surface area contributed by atoms with Crippen molar-refractivity contribution in [3.05, 3.63) is 64.2 Å². The number of hydrogen-bond donors (Lipinski definition) is 2. The highest BCUT2D eigenvalue weighted by atomic mass is 35.5. The molecule has 0 spiro atoms. The Morgan fingerprint density at radius 3 is 2.85 bits per heavy atom. The zero-order chi connectivity index (χ0) is 18.8. The lowest BCUT2D eigenvalue weighted by Gasteiger charge is -2.35. The molecule has 2 N–H and O–H groups in total. The first-order valence-corrected chi connectivity index (χ1v) is 10.00. The van der Waals surface area contributed by atoms with Crippen LogP contribution in [0.2, 0.25) is 5.02 Å². The van der Waals surface area contributed by atoms with E-state index in [-0.39, 0.29) is 23.8 Å². The summed E-state index contributed by atoms with van der Waals surface area (Å²) >= 11 is 6.25. The fourth-order valence-electron chi connectivity index (χ4n) is 4.28. The van der Waals surface area contributed by atoms with Crippen molar-refractivity contribution in [2.45, 2.75) is 37.6 Å². The molecule has 0 aliphatic carbocycles. The van der Waals surface area contributed by atoms with E-state index in [0.717, 1.165) is 36.4 Å². The zero-order valence-corrected chi connectivity index (χ0v) is 16.3. The Labute approximate surface area is 165 Å². The number of ether oxygens (including phenoxy) is 1. The van der Waals surface area contributed by atoms with Gasteiger partial charge in [-0.1, -0.05) is 41.9 Å². The monoisotopic (exact) mass is 384 g/mol. The van der Waals surface area contributed by atoms with E-state index in [0.29, 0.717) is 18.1 Å². The highest BCUT2D eigenvalue weighted by Gasteiger charge is 2.33. The lowest BCUT2D eigenvalue weighted by molar-refractivity contribution is -0.124. The summed E-state index contributed by atoms with van der Waals surface area (Å²) in [6.45, 7) is 4.33. The van der Waals surface area contributed by atoms with Crippen molar-refractivity contribution >= 4 is 17.5 Å². The molecule has 2 aromatic carbocycles. The predicted octanol–water partition coefficient (Wildman–Crippen LogP) is 3.78.